The van der Waals surface area contributed by atoms with Gasteiger partial charge in [0.1, 0.15) is 11.6 Å². The summed E-state index contributed by atoms with van der Waals surface area (Å²) in [7, 11) is 1.61. The predicted molar refractivity (Wildman–Crippen MR) is 96.6 cm³/mol. The second-order valence-electron chi connectivity index (χ2n) is 6.07. The molecule has 0 atom stereocenters. The summed E-state index contributed by atoms with van der Waals surface area (Å²) in [5, 5.41) is 6.29. The SMILES string of the molecule is COc1ccc(NC(=O)N2CCC(Nc3ccc(F)cc3)CC2)cc1. The van der Waals surface area contributed by atoms with E-state index in [-0.39, 0.29) is 17.9 Å². The number of methoxy groups -OCH3 is 1. The summed E-state index contributed by atoms with van der Waals surface area (Å²) in [6.07, 6.45) is 1.71. The van der Waals surface area contributed by atoms with Crippen molar-refractivity contribution in [2.45, 2.75) is 18.9 Å². The standard InChI is InChI=1S/C19H22FN3O2/c1-25-18-8-6-16(7-9-18)22-19(24)23-12-10-17(11-13-23)21-15-4-2-14(20)3-5-15/h2-9,17,21H,10-13H2,1H3,(H,22,24). The highest BCUT2D eigenvalue weighted by Crippen LogP contribution is 2.19. The van der Waals surface area contributed by atoms with E-state index < -0.39 is 0 Å². The molecule has 0 radical (unpaired) electrons. The van der Waals surface area contributed by atoms with Crippen molar-refractivity contribution < 1.29 is 13.9 Å². The summed E-state index contributed by atoms with van der Waals surface area (Å²) in [5.74, 6) is 0.515. The van der Waals surface area contributed by atoms with Crippen LogP contribution in [0.25, 0.3) is 0 Å². The van der Waals surface area contributed by atoms with Crippen LogP contribution in [-0.2, 0) is 0 Å². The lowest BCUT2D eigenvalue weighted by Gasteiger charge is -2.33. The number of carbonyl (C=O) groups excluding carboxylic acids is 1. The number of rotatable bonds is 4. The van der Waals surface area contributed by atoms with Gasteiger partial charge in [0.25, 0.3) is 0 Å². The van der Waals surface area contributed by atoms with E-state index >= 15 is 0 Å². The molecule has 1 heterocycles. The lowest BCUT2D eigenvalue weighted by molar-refractivity contribution is 0.197. The fourth-order valence-corrected chi connectivity index (χ4v) is 2.89. The predicted octanol–water partition coefficient (Wildman–Crippen LogP) is 3.94. The van der Waals surface area contributed by atoms with Crippen LogP contribution >= 0.6 is 0 Å². The van der Waals surface area contributed by atoms with Crippen LogP contribution in [0.4, 0.5) is 20.6 Å². The minimum Gasteiger partial charge on any atom is -0.497 e. The Morgan fingerprint density at radius 2 is 1.64 bits per heavy atom. The Hall–Kier alpha value is -2.76. The van der Waals surface area contributed by atoms with Crippen molar-refractivity contribution in [2.75, 3.05) is 30.8 Å². The van der Waals surface area contributed by atoms with Crippen molar-refractivity contribution in [2.24, 2.45) is 0 Å². The van der Waals surface area contributed by atoms with Gasteiger partial charge in [-0.2, -0.15) is 0 Å². The second kappa shape index (κ2) is 7.88. The molecule has 1 aliphatic heterocycles. The minimum atomic E-state index is -0.240. The molecule has 132 valence electrons. The van der Waals surface area contributed by atoms with E-state index in [9.17, 15) is 9.18 Å². The molecular weight excluding hydrogens is 321 g/mol. The van der Waals surface area contributed by atoms with E-state index in [1.54, 1.807) is 19.2 Å². The van der Waals surface area contributed by atoms with Crippen molar-refractivity contribution >= 4 is 17.4 Å². The molecule has 2 aromatic carbocycles. The molecule has 25 heavy (non-hydrogen) atoms. The first-order chi connectivity index (χ1) is 12.1. The first kappa shape index (κ1) is 17.1. The van der Waals surface area contributed by atoms with Crippen LogP contribution < -0.4 is 15.4 Å². The summed E-state index contributed by atoms with van der Waals surface area (Å²) in [4.78, 5) is 14.2. The number of anilines is 2. The molecule has 1 aliphatic rings. The monoisotopic (exact) mass is 343 g/mol. The number of amides is 2. The van der Waals surface area contributed by atoms with Gasteiger partial charge in [0.05, 0.1) is 7.11 Å². The molecular formula is C19H22FN3O2. The van der Waals surface area contributed by atoms with Crippen molar-refractivity contribution in [1.82, 2.24) is 4.90 Å². The molecule has 2 aromatic rings. The summed E-state index contributed by atoms with van der Waals surface area (Å²) < 4.78 is 18.0. The Labute approximate surface area is 146 Å². The number of likely N-dealkylation sites (tertiary alicyclic amines) is 1. The molecule has 0 unspecified atom stereocenters. The number of piperidine rings is 1. The normalized spacial score (nSPS) is 14.9. The van der Waals surface area contributed by atoms with Crippen LogP contribution in [0.2, 0.25) is 0 Å². The van der Waals surface area contributed by atoms with Crippen molar-refractivity contribution in [1.29, 1.82) is 0 Å². The molecule has 2 amide bonds. The smallest absolute Gasteiger partial charge is 0.321 e. The van der Waals surface area contributed by atoms with E-state index in [1.165, 1.54) is 12.1 Å². The van der Waals surface area contributed by atoms with Gasteiger partial charge < -0.3 is 20.3 Å². The highest BCUT2D eigenvalue weighted by atomic mass is 19.1. The number of nitrogens with one attached hydrogen (secondary N) is 2. The Kier molecular flexibility index (Phi) is 5.38. The third-order valence-corrected chi connectivity index (χ3v) is 4.34. The molecule has 2 N–H and O–H groups in total. The highest BCUT2D eigenvalue weighted by Gasteiger charge is 2.22. The molecule has 0 aliphatic carbocycles. The number of nitrogens with zero attached hydrogens (tertiary/aromatic N) is 1. The molecule has 0 aromatic heterocycles. The number of benzene rings is 2. The summed E-state index contributed by atoms with van der Waals surface area (Å²) in [5.41, 5.74) is 1.65. The number of hydrogen-bond donors (Lipinski definition) is 2. The summed E-state index contributed by atoms with van der Waals surface area (Å²) in [6, 6.07) is 13.8. The molecule has 0 spiro atoms. The van der Waals surface area contributed by atoms with Gasteiger partial charge in [-0.1, -0.05) is 0 Å². The topological polar surface area (TPSA) is 53.6 Å². The number of hydrogen-bond acceptors (Lipinski definition) is 3. The third-order valence-electron chi connectivity index (χ3n) is 4.34. The van der Waals surface area contributed by atoms with Gasteiger partial charge in [-0.25, -0.2) is 9.18 Å². The summed E-state index contributed by atoms with van der Waals surface area (Å²) in [6.45, 7) is 1.36. The lowest BCUT2D eigenvalue weighted by atomic mass is 10.0. The maximum Gasteiger partial charge on any atom is 0.321 e. The van der Waals surface area contributed by atoms with Crippen LogP contribution in [0, 0.1) is 5.82 Å². The Morgan fingerprint density at radius 3 is 2.24 bits per heavy atom. The average Bonchev–Trinajstić information content (AvgIpc) is 2.65. The molecule has 0 bridgehead atoms. The van der Waals surface area contributed by atoms with E-state index in [1.807, 2.05) is 29.2 Å². The largest absolute Gasteiger partial charge is 0.497 e. The van der Waals surface area contributed by atoms with E-state index in [4.69, 9.17) is 4.74 Å². The van der Waals surface area contributed by atoms with Crippen LogP contribution in [0.15, 0.2) is 48.5 Å². The van der Waals surface area contributed by atoms with Crippen molar-refractivity contribution in [3.8, 4) is 5.75 Å². The van der Waals surface area contributed by atoms with Gasteiger partial charge in [-0.15, -0.1) is 0 Å². The Morgan fingerprint density at radius 1 is 1.04 bits per heavy atom. The van der Waals surface area contributed by atoms with Crippen LogP contribution in [-0.4, -0.2) is 37.2 Å². The first-order valence-electron chi connectivity index (χ1n) is 8.36. The zero-order valence-corrected chi connectivity index (χ0v) is 14.2. The fourth-order valence-electron chi connectivity index (χ4n) is 2.89. The number of ether oxygens (including phenoxy) is 1. The maximum atomic E-state index is 12.9. The van der Waals surface area contributed by atoms with Gasteiger partial charge in [0, 0.05) is 30.5 Å². The Bertz CT molecular complexity index is 696. The molecule has 0 saturated carbocycles. The molecule has 3 rings (SSSR count). The molecule has 5 nitrogen and oxygen atoms in total. The Balaban J connectivity index is 1.47. The zero-order valence-electron chi connectivity index (χ0n) is 14.2. The quantitative estimate of drug-likeness (QED) is 0.884. The van der Waals surface area contributed by atoms with E-state index in [0.29, 0.717) is 13.1 Å². The van der Waals surface area contributed by atoms with Crippen LogP contribution in [0.1, 0.15) is 12.8 Å². The fraction of sp³-hybridized carbons (Fsp3) is 0.316. The number of carbonyl (C=O) groups is 1. The van der Waals surface area contributed by atoms with Gasteiger partial charge >= 0.3 is 6.03 Å². The minimum absolute atomic E-state index is 0.0922. The number of halogens is 1. The number of urea groups is 1. The maximum absolute atomic E-state index is 12.9. The lowest BCUT2D eigenvalue weighted by Crippen LogP contribution is -2.44. The van der Waals surface area contributed by atoms with Crippen molar-refractivity contribution in [3.05, 3.63) is 54.3 Å². The first-order valence-corrected chi connectivity index (χ1v) is 8.36. The highest BCUT2D eigenvalue weighted by molar-refractivity contribution is 5.89. The van der Waals surface area contributed by atoms with Crippen molar-refractivity contribution in [3.63, 3.8) is 0 Å². The van der Waals surface area contributed by atoms with Crippen LogP contribution in [0.3, 0.4) is 0 Å². The van der Waals surface area contributed by atoms with Gasteiger partial charge in [0.15, 0.2) is 0 Å². The van der Waals surface area contributed by atoms with E-state index in [2.05, 4.69) is 10.6 Å². The molecule has 1 saturated heterocycles. The van der Waals surface area contributed by atoms with E-state index in [0.717, 1.165) is 30.0 Å². The van der Waals surface area contributed by atoms with Gasteiger partial charge in [0.2, 0.25) is 0 Å². The summed E-state index contributed by atoms with van der Waals surface area (Å²) >= 11 is 0. The average molecular weight is 343 g/mol. The van der Waals surface area contributed by atoms with Crippen LogP contribution in [0.5, 0.6) is 5.75 Å². The zero-order chi connectivity index (χ0) is 17.6. The second-order valence-corrected chi connectivity index (χ2v) is 6.07. The van der Waals surface area contributed by atoms with Gasteiger partial charge in [-0.05, 0) is 61.4 Å². The third kappa shape index (κ3) is 4.62. The van der Waals surface area contributed by atoms with Gasteiger partial charge in [-0.3, -0.25) is 0 Å². The molecule has 1 fully saturated rings. The molecule has 6 heteroatoms.